The highest BCUT2D eigenvalue weighted by atomic mass is 19.4. The Hall–Kier alpha value is -1.87. The normalized spacial score (nSPS) is 18.9. The summed E-state index contributed by atoms with van der Waals surface area (Å²) >= 11 is 0. The molecular formula is C14H17F4N3O2. The van der Waals surface area contributed by atoms with Gasteiger partial charge in [-0.3, -0.25) is 4.90 Å². The molecule has 3 N–H and O–H groups in total. The second-order valence-corrected chi connectivity index (χ2v) is 5.35. The Bertz CT molecular complexity index is 565. The SMILES string of the molecule is O=C(NCCN1CCC(O)C1)Nc1cc(F)cc(C(F)(F)F)c1. The molecule has 1 unspecified atom stereocenters. The molecule has 0 bridgehead atoms. The van der Waals surface area contributed by atoms with Crippen molar-refractivity contribution in [2.75, 3.05) is 31.5 Å². The summed E-state index contributed by atoms with van der Waals surface area (Å²) < 4.78 is 50.9. The molecule has 0 aliphatic carbocycles. The maximum absolute atomic E-state index is 13.2. The van der Waals surface area contributed by atoms with Crippen LogP contribution in [0.1, 0.15) is 12.0 Å². The molecular weight excluding hydrogens is 318 g/mol. The molecule has 1 aliphatic heterocycles. The molecule has 2 amide bonds. The zero-order chi connectivity index (χ0) is 17.0. The summed E-state index contributed by atoms with van der Waals surface area (Å²) in [7, 11) is 0. The largest absolute Gasteiger partial charge is 0.416 e. The lowest BCUT2D eigenvalue weighted by Gasteiger charge is -2.15. The van der Waals surface area contributed by atoms with E-state index in [9.17, 15) is 27.5 Å². The van der Waals surface area contributed by atoms with E-state index in [2.05, 4.69) is 10.6 Å². The van der Waals surface area contributed by atoms with E-state index in [0.29, 0.717) is 31.6 Å². The van der Waals surface area contributed by atoms with Crippen LogP contribution in [0.3, 0.4) is 0 Å². The molecule has 23 heavy (non-hydrogen) atoms. The molecule has 9 heteroatoms. The highest BCUT2D eigenvalue weighted by molar-refractivity contribution is 5.89. The summed E-state index contributed by atoms with van der Waals surface area (Å²) in [5.41, 5.74) is -1.44. The van der Waals surface area contributed by atoms with E-state index in [-0.39, 0.29) is 18.3 Å². The zero-order valence-electron chi connectivity index (χ0n) is 12.2. The van der Waals surface area contributed by atoms with Gasteiger partial charge in [-0.2, -0.15) is 13.2 Å². The predicted molar refractivity (Wildman–Crippen MR) is 75.5 cm³/mol. The Kier molecular flexibility index (Phi) is 5.42. The van der Waals surface area contributed by atoms with Crippen molar-refractivity contribution in [1.82, 2.24) is 10.2 Å². The van der Waals surface area contributed by atoms with Gasteiger partial charge >= 0.3 is 12.2 Å². The van der Waals surface area contributed by atoms with Crippen LogP contribution in [0.5, 0.6) is 0 Å². The van der Waals surface area contributed by atoms with Crippen molar-refractivity contribution in [3.8, 4) is 0 Å². The Morgan fingerprint density at radius 1 is 1.35 bits per heavy atom. The quantitative estimate of drug-likeness (QED) is 0.738. The number of benzene rings is 1. The number of amides is 2. The number of aliphatic hydroxyl groups excluding tert-OH is 1. The van der Waals surface area contributed by atoms with Crippen molar-refractivity contribution >= 4 is 11.7 Å². The average molecular weight is 335 g/mol. The van der Waals surface area contributed by atoms with Crippen LogP contribution in [-0.2, 0) is 6.18 Å². The summed E-state index contributed by atoms with van der Waals surface area (Å²) in [4.78, 5) is 13.6. The number of β-amino-alcohol motifs (C(OH)–C–C–N with tert-alkyl or cyclic N) is 1. The first kappa shape index (κ1) is 17.5. The third-order valence-corrected chi connectivity index (χ3v) is 3.44. The topological polar surface area (TPSA) is 64.6 Å². The Morgan fingerprint density at radius 3 is 2.70 bits per heavy atom. The third-order valence-electron chi connectivity index (χ3n) is 3.44. The van der Waals surface area contributed by atoms with E-state index in [4.69, 9.17) is 0 Å². The van der Waals surface area contributed by atoms with E-state index in [1.54, 1.807) is 0 Å². The van der Waals surface area contributed by atoms with Crippen molar-refractivity contribution in [3.05, 3.63) is 29.6 Å². The molecule has 1 heterocycles. The van der Waals surface area contributed by atoms with Crippen LogP contribution >= 0.6 is 0 Å². The maximum atomic E-state index is 13.2. The molecule has 1 fully saturated rings. The number of aliphatic hydroxyl groups is 1. The van der Waals surface area contributed by atoms with Crippen LogP contribution in [0.2, 0.25) is 0 Å². The number of halogens is 4. The van der Waals surface area contributed by atoms with Crippen LogP contribution in [-0.4, -0.2) is 48.3 Å². The Balaban J connectivity index is 1.84. The fourth-order valence-electron chi connectivity index (χ4n) is 2.34. The summed E-state index contributed by atoms with van der Waals surface area (Å²) in [6, 6.07) is 1.12. The molecule has 0 aromatic heterocycles. The minimum Gasteiger partial charge on any atom is -0.392 e. The number of anilines is 1. The van der Waals surface area contributed by atoms with Gasteiger partial charge in [0.15, 0.2) is 0 Å². The van der Waals surface area contributed by atoms with Gasteiger partial charge in [0.1, 0.15) is 5.82 Å². The Morgan fingerprint density at radius 2 is 2.09 bits per heavy atom. The monoisotopic (exact) mass is 335 g/mol. The van der Waals surface area contributed by atoms with Crippen LogP contribution in [0.25, 0.3) is 0 Å². The van der Waals surface area contributed by atoms with Crippen LogP contribution in [0.15, 0.2) is 18.2 Å². The molecule has 5 nitrogen and oxygen atoms in total. The first-order valence-corrected chi connectivity index (χ1v) is 7.07. The van der Waals surface area contributed by atoms with E-state index in [1.165, 1.54) is 0 Å². The molecule has 128 valence electrons. The van der Waals surface area contributed by atoms with Crippen LogP contribution < -0.4 is 10.6 Å². The van der Waals surface area contributed by atoms with E-state index < -0.39 is 23.6 Å². The number of carbonyl (C=O) groups is 1. The average Bonchev–Trinajstić information content (AvgIpc) is 2.82. The minimum absolute atomic E-state index is 0.264. The van der Waals surface area contributed by atoms with E-state index >= 15 is 0 Å². The predicted octanol–water partition coefficient (Wildman–Crippen LogP) is 2.03. The van der Waals surface area contributed by atoms with Gasteiger partial charge in [0.2, 0.25) is 0 Å². The molecule has 1 atom stereocenters. The smallest absolute Gasteiger partial charge is 0.392 e. The second kappa shape index (κ2) is 7.14. The number of urea groups is 1. The molecule has 1 aliphatic rings. The summed E-state index contributed by atoms with van der Waals surface area (Å²) in [5, 5.41) is 14.0. The molecule has 1 saturated heterocycles. The van der Waals surface area contributed by atoms with Crippen molar-refractivity contribution < 1.29 is 27.5 Å². The van der Waals surface area contributed by atoms with Crippen molar-refractivity contribution in [3.63, 3.8) is 0 Å². The van der Waals surface area contributed by atoms with Crippen molar-refractivity contribution in [2.24, 2.45) is 0 Å². The van der Waals surface area contributed by atoms with Gasteiger partial charge in [-0.15, -0.1) is 0 Å². The van der Waals surface area contributed by atoms with Crippen molar-refractivity contribution in [1.29, 1.82) is 0 Å². The zero-order valence-corrected chi connectivity index (χ0v) is 12.2. The van der Waals surface area contributed by atoms with Gasteiger partial charge in [-0.05, 0) is 24.6 Å². The van der Waals surface area contributed by atoms with Gasteiger partial charge in [-0.1, -0.05) is 0 Å². The van der Waals surface area contributed by atoms with Crippen LogP contribution in [0.4, 0.5) is 28.0 Å². The number of alkyl halides is 3. The van der Waals surface area contributed by atoms with Gasteiger partial charge in [0.05, 0.1) is 11.7 Å². The number of carbonyl (C=O) groups excluding carboxylic acids is 1. The van der Waals surface area contributed by atoms with Gasteiger partial charge in [-0.25, -0.2) is 9.18 Å². The molecule has 1 aromatic rings. The fraction of sp³-hybridized carbons (Fsp3) is 0.500. The van der Waals surface area contributed by atoms with Crippen molar-refractivity contribution in [2.45, 2.75) is 18.7 Å². The lowest BCUT2D eigenvalue weighted by atomic mass is 10.2. The number of nitrogens with one attached hydrogen (secondary N) is 2. The molecule has 0 radical (unpaired) electrons. The molecule has 0 saturated carbocycles. The highest BCUT2D eigenvalue weighted by Crippen LogP contribution is 2.31. The lowest BCUT2D eigenvalue weighted by Crippen LogP contribution is -2.36. The minimum atomic E-state index is -4.69. The van der Waals surface area contributed by atoms with Gasteiger partial charge < -0.3 is 15.7 Å². The van der Waals surface area contributed by atoms with E-state index in [0.717, 1.165) is 12.6 Å². The first-order valence-electron chi connectivity index (χ1n) is 7.07. The summed E-state index contributed by atoms with van der Waals surface area (Å²) in [5.74, 6) is -1.08. The number of hydrogen-bond donors (Lipinski definition) is 3. The summed E-state index contributed by atoms with van der Waals surface area (Å²) in [6.45, 7) is 2.03. The molecule has 2 rings (SSSR count). The highest BCUT2D eigenvalue weighted by Gasteiger charge is 2.31. The third kappa shape index (κ3) is 5.36. The standard InChI is InChI=1S/C14H17F4N3O2/c15-10-5-9(14(16,17)18)6-11(7-10)20-13(23)19-2-4-21-3-1-12(22)8-21/h5-7,12,22H,1-4,8H2,(H2,19,20,23). The van der Waals surface area contributed by atoms with Gasteiger partial charge in [0, 0.05) is 31.9 Å². The van der Waals surface area contributed by atoms with E-state index in [1.807, 2.05) is 4.90 Å². The number of rotatable bonds is 4. The van der Waals surface area contributed by atoms with Crippen LogP contribution in [0, 0.1) is 5.82 Å². The van der Waals surface area contributed by atoms with Gasteiger partial charge in [0.25, 0.3) is 0 Å². The molecule has 0 spiro atoms. The number of likely N-dealkylation sites (tertiary alicyclic amines) is 1. The first-order chi connectivity index (χ1) is 10.7. The maximum Gasteiger partial charge on any atom is 0.416 e. The Labute approximate surface area is 130 Å². The summed E-state index contributed by atoms with van der Waals surface area (Å²) in [6.07, 6.45) is -4.38. The molecule has 1 aromatic carbocycles. The fourth-order valence-corrected chi connectivity index (χ4v) is 2.34. The number of hydrogen-bond acceptors (Lipinski definition) is 3. The second-order valence-electron chi connectivity index (χ2n) is 5.35. The number of nitrogens with zero attached hydrogens (tertiary/aromatic N) is 1. The lowest BCUT2D eigenvalue weighted by molar-refractivity contribution is -0.137.